The molecule has 0 spiro atoms. The van der Waals surface area contributed by atoms with Gasteiger partial charge in [-0.1, -0.05) is 24.0 Å². The van der Waals surface area contributed by atoms with Crippen molar-refractivity contribution < 1.29 is 24.5 Å². The number of aliphatic hydroxyl groups is 1. The van der Waals surface area contributed by atoms with E-state index in [0.717, 1.165) is 28.7 Å². The lowest BCUT2D eigenvalue weighted by molar-refractivity contribution is 0.0386. The molecule has 0 aliphatic heterocycles. The number of methoxy groups -OCH3 is 2. The van der Waals surface area contributed by atoms with Crippen molar-refractivity contribution in [1.29, 1.82) is 0 Å². The predicted molar refractivity (Wildman–Crippen MR) is 121 cm³/mol. The Labute approximate surface area is 187 Å². The van der Waals surface area contributed by atoms with E-state index in [1.165, 1.54) is 12.1 Å². The first kappa shape index (κ1) is 21.5. The van der Waals surface area contributed by atoms with Crippen LogP contribution >= 0.6 is 0 Å². The fourth-order valence-electron chi connectivity index (χ4n) is 4.25. The zero-order valence-corrected chi connectivity index (χ0v) is 18.0. The lowest BCUT2D eigenvalue weighted by Gasteiger charge is -2.26. The highest BCUT2D eigenvalue weighted by molar-refractivity contribution is 5.87. The third-order valence-corrected chi connectivity index (χ3v) is 5.81. The SMILES string of the molecule is COc1cc(CC2(O)CCc3cccc(C#Cc4ccc(C(=O)O)cc4)c32)cc(OC)c1. The lowest BCUT2D eigenvalue weighted by atomic mass is 9.86. The first-order chi connectivity index (χ1) is 15.4. The summed E-state index contributed by atoms with van der Waals surface area (Å²) in [6, 6.07) is 18.0. The van der Waals surface area contributed by atoms with Crippen molar-refractivity contribution in [2.24, 2.45) is 0 Å². The third kappa shape index (κ3) is 4.32. The highest BCUT2D eigenvalue weighted by Crippen LogP contribution is 2.42. The smallest absolute Gasteiger partial charge is 0.335 e. The van der Waals surface area contributed by atoms with Crippen LogP contribution < -0.4 is 9.47 Å². The van der Waals surface area contributed by atoms with Gasteiger partial charge in [0.05, 0.1) is 25.4 Å². The maximum atomic E-state index is 11.7. The number of fused-ring (bicyclic) bond motifs is 1. The van der Waals surface area contributed by atoms with E-state index in [1.54, 1.807) is 26.4 Å². The molecule has 0 saturated carbocycles. The van der Waals surface area contributed by atoms with Gasteiger partial charge in [0.1, 0.15) is 11.5 Å². The second kappa shape index (κ2) is 8.78. The number of ether oxygens (including phenoxy) is 2. The Bertz CT molecular complexity index is 1190. The second-order valence-corrected chi connectivity index (χ2v) is 7.90. The molecule has 0 amide bonds. The highest BCUT2D eigenvalue weighted by atomic mass is 16.5. The molecule has 0 radical (unpaired) electrons. The number of carboxylic acids is 1. The van der Waals surface area contributed by atoms with Gasteiger partial charge in [0.2, 0.25) is 0 Å². The van der Waals surface area contributed by atoms with E-state index in [1.807, 2.05) is 36.4 Å². The molecule has 0 heterocycles. The maximum Gasteiger partial charge on any atom is 0.335 e. The summed E-state index contributed by atoms with van der Waals surface area (Å²) in [5.74, 6) is 6.68. The van der Waals surface area contributed by atoms with Crippen molar-refractivity contribution in [3.63, 3.8) is 0 Å². The van der Waals surface area contributed by atoms with Crippen LogP contribution in [0.4, 0.5) is 0 Å². The molecule has 0 fully saturated rings. The van der Waals surface area contributed by atoms with Gasteiger partial charge in [-0.3, -0.25) is 0 Å². The molecule has 0 saturated heterocycles. The van der Waals surface area contributed by atoms with Crippen LogP contribution in [0.1, 0.15) is 44.6 Å². The summed E-state index contributed by atoms with van der Waals surface area (Å²) in [6.07, 6.45) is 1.79. The van der Waals surface area contributed by atoms with Gasteiger partial charge < -0.3 is 19.7 Å². The zero-order chi connectivity index (χ0) is 22.7. The lowest BCUT2D eigenvalue weighted by Crippen LogP contribution is -2.26. The standard InChI is InChI=1S/C27H24O5/c1-31-23-14-19(15-24(16-23)32-2)17-27(30)13-12-21-5-3-4-20(25(21)27)9-6-18-7-10-22(11-8-18)26(28)29/h3-5,7-8,10-11,14-16,30H,12-13,17H2,1-2H3,(H,28,29). The Balaban J connectivity index is 1.68. The van der Waals surface area contributed by atoms with Crippen molar-refractivity contribution in [1.82, 2.24) is 0 Å². The number of hydrogen-bond acceptors (Lipinski definition) is 4. The summed E-state index contributed by atoms with van der Waals surface area (Å²) < 4.78 is 10.8. The monoisotopic (exact) mass is 428 g/mol. The minimum atomic E-state index is -1.05. The Morgan fingerprint density at radius 1 is 1.00 bits per heavy atom. The fourth-order valence-corrected chi connectivity index (χ4v) is 4.25. The van der Waals surface area contributed by atoms with E-state index in [2.05, 4.69) is 11.8 Å². The normalized spacial score (nSPS) is 16.6. The van der Waals surface area contributed by atoms with E-state index in [-0.39, 0.29) is 5.56 Å². The molecule has 3 aromatic carbocycles. The quantitative estimate of drug-likeness (QED) is 0.597. The average molecular weight is 428 g/mol. The van der Waals surface area contributed by atoms with Crippen LogP contribution in [0, 0.1) is 11.8 Å². The summed E-state index contributed by atoms with van der Waals surface area (Å²) in [4.78, 5) is 11.0. The molecule has 1 aliphatic carbocycles. The molecule has 32 heavy (non-hydrogen) atoms. The summed E-state index contributed by atoms with van der Waals surface area (Å²) in [7, 11) is 3.21. The Hall–Kier alpha value is -3.75. The molecule has 1 atom stereocenters. The molecule has 5 heteroatoms. The minimum absolute atomic E-state index is 0.222. The summed E-state index contributed by atoms with van der Waals surface area (Å²) in [5, 5.41) is 20.7. The van der Waals surface area contributed by atoms with Crippen molar-refractivity contribution in [3.05, 3.63) is 94.0 Å². The van der Waals surface area contributed by atoms with Crippen LogP contribution in [0.3, 0.4) is 0 Å². The van der Waals surface area contributed by atoms with E-state index in [9.17, 15) is 9.90 Å². The molecular formula is C27H24O5. The van der Waals surface area contributed by atoms with Gasteiger partial charge in [0.15, 0.2) is 0 Å². The number of hydrogen-bond donors (Lipinski definition) is 2. The van der Waals surface area contributed by atoms with E-state index >= 15 is 0 Å². The third-order valence-electron chi connectivity index (χ3n) is 5.81. The van der Waals surface area contributed by atoms with Crippen molar-refractivity contribution >= 4 is 5.97 Å². The number of rotatable bonds is 5. The first-order valence-electron chi connectivity index (χ1n) is 10.3. The molecule has 0 aromatic heterocycles. The van der Waals surface area contributed by atoms with Gasteiger partial charge in [-0.25, -0.2) is 4.79 Å². The van der Waals surface area contributed by atoms with Gasteiger partial charge in [0, 0.05) is 29.2 Å². The van der Waals surface area contributed by atoms with Gasteiger partial charge in [0.25, 0.3) is 0 Å². The van der Waals surface area contributed by atoms with E-state index < -0.39 is 11.6 Å². The van der Waals surface area contributed by atoms with E-state index in [4.69, 9.17) is 14.6 Å². The van der Waals surface area contributed by atoms with Crippen LogP contribution in [0.5, 0.6) is 11.5 Å². The molecule has 0 bridgehead atoms. The summed E-state index contributed by atoms with van der Waals surface area (Å²) in [5.41, 5.74) is 3.53. The van der Waals surface area contributed by atoms with Crippen LogP contribution in [-0.2, 0) is 18.4 Å². The Kier molecular flexibility index (Phi) is 5.89. The van der Waals surface area contributed by atoms with Gasteiger partial charge in [-0.05, 0) is 66.4 Å². The summed E-state index contributed by atoms with van der Waals surface area (Å²) in [6.45, 7) is 0. The topological polar surface area (TPSA) is 76.0 Å². The molecule has 1 aliphatic rings. The van der Waals surface area contributed by atoms with Crippen LogP contribution in [0.2, 0.25) is 0 Å². The number of aromatic carboxylic acids is 1. The van der Waals surface area contributed by atoms with Crippen molar-refractivity contribution in [2.75, 3.05) is 14.2 Å². The molecule has 2 N–H and O–H groups in total. The van der Waals surface area contributed by atoms with Gasteiger partial charge in [-0.2, -0.15) is 0 Å². The number of benzene rings is 3. The van der Waals surface area contributed by atoms with Gasteiger partial charge >= 0.3 is 5.97 Å². The number of carboxylic acid groups (broad SMARTS) is 1. The molecule has 3 aromatic rings. The van der Waals surface area contributed by atoms with E-state index in [0.29, 0.717) is 29.9 Å². The predicted octanol–water partition coefficient (Wildman–Crippen LogP) is 4.18. The molecule has 5 nitrogen and oxygen atoms in total. The molecular weight excluding hydrogens is 404 g/mol. The summed E-state index contributed by atoms with van der Waals surface area (Å²) >= 11 is 0. The van der Waals surface area contributed by atoms with Crippen LogP contribution in [0.15, 0.2) is 60.7 Å². The van der Waals surface area contributed by atoms with Crippen LogP contribution in [0.25, 0.3) is 0 Å². The molecule has 4 rings (SSSR count). The van der Waals surface area contributed by atoms with Gasteiger partial charge in [-0.15, -0.1) is 0 Å². The zero-order valence-electron chi connectivity index (χ0n) is 18.0. The fraction of sp³-hybridized carbons (Fsp3) is 0.222. The largest absolute Gasteiger partial charge is 0.497 e. The highest BCUT2D eigenvalue weighted by Gasteiger charge is 2.38. The Morgan fingerprint density at radius 2 is 1.69 bits per heavy atom. The second-order valence-electron chi connectivity index (χ2n) is 7.90. The van der Waals surface area contributed by atoms with Crippen molar-refractivity contribution in [2.45, 2.75) is 24.9 Å². The first-order valence-corrected chi connectivity index (χ1v) is 10.3. The maximum absolute atomic E-state index is 11.7. The van der Waals surface area contributed by atoms with Crippen molar-refractivity contribution in [3.8, 4) is 23.3 Å². The Morgan fingerprint density at radius 3 is 2.31 bits per heavy atom. The average Bonchev–Trinajstić information content (AvgIpc) is 3.14. The number of aryl methyl sites for hydroxylation is 1. The number of carbonyl (C=O) groups is 1. The van der Waals surface area contributed by atoms with Crippen LogP contribution in [-0.4, -0.2) is 30.4 Å². The molecule has 1 unspecified atom stereocenters. The molecule has 162 valence electrons. The minimum Gasteiger partial charge on any atom is -0.497 e.